The lowest BCUT2D eigenvalue weighted by atomic mass is 9.89. The smallest absolute Gasteiger partial charge is 0.320 e. The van der Waals surface area contributed by atoms with E-state index in [0.717, 1.165) is 52.2 Å². The zero-order valence-corrected chi connectivity index (χ0v) is 16.7. The van der Waals surface area contributed by atoms with Crippen LogP contribution in [0.4, 0.5) is 0 Å². The van der Waals surface area contributed by atoms with Gasteiger partial charge in [0.2, 0.25) is 0 Å². The van der Waals surface area contributed by atoms with E-state index < -0.39 is 12.0 Å². The SMILES string of the molecule is O=C(O)C1CCCCN1C(c1cnc2ccccc2c1)c1cccc2ccccc12. The van der Waals surface area contributed by atoms with Crippen LogP contribution in [0.5, 0.6) is 0 Å². The summed E-state index contributed by atoms with van der Waals surface area (Å²) in [6.07, 6.45) is 4.55. The first-order chi connectivity index (χ1) is 14.7. The van der Waals surface area contributed by atoms with E-state index in [1.807, 2.05) is 36.5 Å². The molecule has 4 aromatic rings. The molecule has 2 heterocycles. The number of likely N-dealkylation sites (tertiary alicyclic amines) is 1. The number of aliphatic carboxylic acids is 1. The fourth-order valence-electron chi connectivity index (χ4n) is 4.80. The number of nitrogens with zero attached hydrogens (tertiary/aromatic N) is 2. The fourth-order valence-corrected chi connectivity index (χ4v) is 4.80. The average Bonchev–Trinajstić information content (AvgIpc) is 2.79. The summed E-state index contributed by atoms with van der Waals surface area (Å²) in [5.74, 6) is -0.742. The number of para-hydroxylation sites is 1. The van der Waals surface area contributed by atoms with E-state index in [0.29, 0.717) is 6.42 Å². The third-order valence-corrected chi connectivity index (χ3v) is 6.21. The molecule has 1 aromatic heterocycles. The molecular formula is C26H24N2O2. The summed E-state index contributed by atoms with van der Waals surface area (Å²) >= 11 is 0. The van der Waals surface area contributed by atoms with Gasteiger partial charge in [0.25, 0.3) is 0 Å². The van der Waals surface area contributed by atoms with E-state index in [2.05, 4.69) is 47.4 Å². The number of carboxylic acids is 1. The summed E-state index contributed by atoms with van der Waals surface area (Å²) in [5.41, 5.74) is 3.13. The molecule has 0 aliphatic carbocycles. The van der Waals surface area contributed by atoms with Gasteiger partial charge in [-0.1, -0.05) is 67.1 Å². The zero-order chi connectivity index (χ0) is 20.5. The molecule has 0 radical (unpaired) electrons. The van der Waals surface area contributed by atoms with Crippen molar-refractivity contribution in [1.82, 2.24) is 9.88 Å². The van der Waals surface area contributed by atoms with Crippen LogP contribution in [0.1, 0.15) is 36.4 Å². The summed E-state index contributed by atoms with van der Waals surface area (Å²) in [5, 5.41) is 13.4. The Morgan fingerprint density at radius 3 is 2.60 bits per heavy atom. The second-order valence-electron chi connectivity index (χ2n) is 8.02. The molecule has 2 unspecified atom stereocenters. The first-order valence-electron chi connectivity index (χ1n) is 10.5. The van der Waals surface area contributed by atoms with Crippen LogP contribution in [-0.2, 0) is 4.79 Å². The van der Waals surface area contributed by atoms with Gasteiger partial charge < -0.3 is 5.11 Å². The van der Waals surface area contributed by atoms with Gasteiger partial charge in [0.05, 0.1) is 11.6 Å². The van der Waals surface area contributed by atoms with Gasteiger partial charge in [-0.25, -0.2) is 0 Å². The molecule has 1 fully saturated rings. The summed E-state index contributed by atoms with van der Waals surface area (Å²) in [4.78, 5) is 19.0. The minimum Gasteiger partial charge on any atom is -0.480 e. The van der Waals surface area contributed by atoms with Crippen LogP contribution in [0.25, 0.3) is 21.7 Å². The first-order valence-corrected chi connectivity index (χ1v) is 10.5. The summed E-state index contributed by atoms with van der Waals surface area (Å²) < 4.78 is 0. The number of pyridine rings is 1. The molecule has 1 N–H and O–H groups in total. The van der Waals surface area contributed by atoms with Crippen LogP contribution in [0, 0.1) is 0 Å². The van der Waals surface area contributed by atoms with Gasteiger partial charge in [0, 0.05) is 11.6 Å². The van der Waals surface area contributed by atoms with Crippen LogP contribution >= 0.6 is 0 Å². The minimum atomic E-state index is -0.742. The lowest BCUT2D eigenvalue weighted by Crippen LogP contribution is -2.46. The number of rotatable bonds is 4. The molecule has 4 heteroatoms. The molecule has 150 valence electrons. The Bertz CT molecular complexity index is 1210. The van der Waals surface area contributed by atoms with E-state index in [1.165, 1.54) is 0 Å². The number of fused-ring (bicyclic) bond motifs is 2. The van der Waals surface area contributed by atoms with Crippen LogP contribution in [0.2, 0.25) is 0 Å². The first kappa shape index (κ1) is 18.8. The van der Waals surface area contributed by atoms with Crippen molar-refractivity contribution in [3.63, 3.8) is 0 Å². The minimum absolute atomic E-state index is 0.158. The fraction of sp³-hybridized carbons (Fsp3) is 0.231. The second kappa shape index (κ2) is 7.88. The Balaban J connectivity index is 1.73. The van der Waals surface area contributed by atoms with E-state index in [-0.39, 0.29) is 6.04 Å². The molecule has 1 aliphatic rings. The molecule has 1 saturated heterocycles. The van der Waals surface area contributed by atoms with Crippen LogP contribution in [0.3, 0.4) is 0 Å². The summed E-state index contributed by atoms with van der Waals surface area (Å²) in [6.45, 7) is 0.762. The van der Waals surface area contributed by atoms with Gasteiger partial charge in [-0.2, -0.15) is 0 Å². The van der Waals surface area contributed by atoms with Crippen molar-refractivity contribution < 1.29 is 9.90 Å². The van der Waals surface area contributed by atoms with Gasteiger partial charge in [-0.3, -0.25) is 14.7 Å². The largest absolute Gasteiger partial charge is 0.480 e. The second-order valence-corrected chi connectivity index (χ2v) is 8.02. The molecular weight excluding hydrogens is 372 g/mol. The maximum atomic E-state index is 12.2. The highest BCUT2D eigenvalue weighted by molar-refractivity contribution is 5.87. The van der Waals surface area contributed by atoms with E-state index >= 15 is 0 Å². The van der Waals surface area contributed by atoms with E-state index in [4.69, 9.17) is 4.98 Å². The number of hydrogen-bond acceptors (Lipinski definition) is 3. The standard InChI is InChI=1S/C26H24N2O2/c29-26(30)24-14-5-6-15-28(24)25(20-16-19-9-2-4-13-23(19)27-17-20)22-12-7-10-18-8-1-3-11-21(18)22/h1-4,7-13,16-17,24-25H,5-6,14-15H2,(H,29,30). The molecule has 4 nitrogen and oxygen atoms in total. The van der Waals surface area contributed by atoms with Gasteiger partial charge >= 0.3 is 5.97 Å². The third kappa shape index (κ3) is 3.33. The zero-order valence-electron chi connectivity index (χ0n) is 16.7. The highest BCUT2D eigenvalue weighted by atomic mass is 16.4. The van der Waals surface area contributed by atoms with Crippen LogP contribution in [0.15, 0.2) is 79.0 Å². The number of benzene rings is 3. The van der Waals surface area contributed by atoms with Crippen molar-refractivity contribution in [3.8, 4) is 0 Å². The van der Waals surface area contributed by atoms with Gasteiger partial charge in [0.1, 0.15) is 6.04 Å². The molecule has 5 rings (SSSR count). The Hall–Kier alpha value is -3.24. The number of piperidine rings is 1. The third-order valence-electron chi connectivity index (χ3n) is 6.21. The van der Waals surface area contributed by atoms with Gasteiger partial charge in [-0.15, -0.1) is 0 Å². The molecule has 0 saturated carbocycles. The maximum absolute atomic E-state index is 12.2. The molecule has 0 bridgehead atoms. The Kier molecular flexibility index (Phi) is 4.93. The summed E-state index contributed by atoms with van der Waals surface area (Å²) in [7, 11) is 0. The Labute approximate surface area is 175 Å². The van der Waals surface area contributed by atoms with Crippen molar-refractivity contribution in [3.05, 3.63) is 90.1 Å². The monoisotopic (exact) mass is 396 g/mol. The van der Waals surface area contributed by atoms with Gasteiger partial charge in [-0.05, 0) is 53.4 Å². The lowest BCUT2D eigenvalue weighted by Gasteiger charge is -2.40. The van der Waals surface area contributed by atoms with Crippen molar-refractivity contribution in [2.45, 2.75) is 31.3 Å². The maximum Gasteiger partial charge on any atom is 0.320 e. The van der Waals surface area contributed by atoms with E-state index in [9.17, 15) is 9.90 Å². The molecule has 3 aromatic carbocycles. The van der Waals surface area contributed by atoms with Crippen molar-refractivity contribution in [2.75, 3.05) is 6.54 Å². The lowest BCUT2D eigenvalue weighted by molar-refractivity contribution is -0.145. The predicted octanol–water partition coefficient (Wildman–Crippen LogP) is 5.42. The van der Waals surface area contributed by atoms with Crippen molar-refractivity contribution >= 4 is 27.6 Å². The van der Waals surface area contributed by atoms with Crippen molar-refractivity contribution in [2.24, 2.45) is 0 Å². The van der Waals surface area contributed by atoms with E-state index in [1.54, 1.807) is 0 Å². The molecule has 2 atom stereocenters. The quantitative estimate of drug-likeness (QED) is 0.501. The van der Waals surface area contributed by atoms with Gasteiger partial charge in [0.15, 0.2) is 0 Å². The van der Waals surface area contributed by atoms with Crippen molar-refractivity contribution in [1.29, 1.82) is 0 Å². The normalized spacial score (nSPS) is 18.5. The topological polar surface area (TPSA) is 53.4 Å². The summed E-state index contributed by atoms with van der Waals surface area (Å²) in [6, 6.07) is 24.2. The number of hydrogen-bond donors (Lipinski definition) is 1. The molecule has 1 aliphatic heterocycles. The number of carbonyl (C=O) groups is 1. The highest BCUT2D eigenvalue weighted by Gasteiger charge is 2.35. The number of carboxylic acid groups (broad SMARTS) is 1. The average molecular weight is 396 g/mol. The number of aromatic nitrogens is 1. The molecule has 0 amide bonds. The molecule has 30 heavy (non-hydrogen) atoms. The highest BCUT2D eigenvalue weighted by Crippen LogP contribution is 2.38. The Morgan fingerprint density at radius 1 is 0.967 bits per heavy atom. The predicted molar refractivity (Wildman–Crippen MR) is 120 cm³/mol. The Morgan fingerprint density at radius 2 is 1.73 bits per heavy atom. The van der Waals surface area contributed by atoms with Crippen LogP contribution < -0.4 is 0 Å². The molecule has 0 spiro atoms. The van der Waals surface area contributed by atoms with Crippen LogP contribution in [-0.4, -0.2) is 33.5 Å².